The molecule has 0 saturated heterocycles. The number of hydrogen-bond acceptors (Lipinski definition) is 3. The summed E-state index contributed by atoms with van der Waals surface area (Å²) >= 11 is 0. The summed E-state index contributed by atoms with van der Waals surface area (Å²) in [5.41, 5.74) is 0.907. The number of phenolic OH excluding ortho intramolecular Hbond substituents is 2. The van der Waals surface area contributed by atoms with Crippen LogP contribution < -0.4 is 0 Å². The predicted molar refractivity (Wildman–Crippen MR) is 112 cm³/mol. The number of phenols is 2. The largest absolute Gasteiger partial charge is 0.507 e. The molecule has 0 bridgehead atoms. The van der Waals surface area contributed by atoms with Crippen molar-refractivity contribution in [2.45, 2.75) is 0 Å². The number of aromatic hydroxyl groups is 2. The Morgan fingerprint density at radius 2 is 1.07 bits per heavy atom. The van der Waals surface area contributed by atoms with E-state index in [9.17, 15) is 15.0 Å². The molecule has 0 spiro atoms. The minimum Gasteiger partial charge on any atom is -0.507 e. The molecular formula is C23H16N2O3. The fraction of sp³-hybridized carbons (Fsp3) is 0. The van der Waals surface area contributed by atoms with Crippen LogP contribution in [-0.4, -0.2) is 28.7 Å². The van der Waals surface area contributed by atoms with Crippen LogP contribution in [-0.2, 0) is 0 Å². The molecule has 0 unspecified atom stereocenters. The van der Waals surface area contributed by atoms with E-state index in [0.717, 1.165) is 21.5 Å². The fourth-order valence-electron chi connectivity index (χ4n) is 3.11. The Labute approximate surface area is 160 Å². The van der Waals surface area contributed by atoms with Crippen LogP contribution in [0.4, 0.5) is 4.79 Å². The number of aliphatic imine (C=N–C) groups is 2. The summed E-state index contributed by atoms with van der Waals surface area (Å²) in [5.74, 6) is 0.0665. The molecule has 2 N–H and O–H groups in total. The number of carbonyl (C=O) groups is 1. The van der Waals surface area contributed by atoms with Crippen LogP contribution >= 0.6 is 0 Å². The van der Waals surface area contributed by atoms with E-state index in [1.807, 2.05) is 48.5 Å². The van der Waals surface area contributed by atoms with Gasteiger partial charge in [0.25, 0.3) is 0 Å². The lowest BCUT2D eigenvalue weighted by molar-refractivity contribution is 0.257. The second kappa shape index (κ2) is 7.32. The van der Waals surface area contributed by atoms with Gasteiger partial charge in [0, 0.05) is 23.6 Å². The Morgan fingerprint density at radius 3 is 1.54 bits per heavy atom. The van der Waals surface area contributed by atoms with Crippen LogP contribution in [0.5, 0.6) is 11.5 Å². The molecule has 0 radical (unpaired) electrons. The molecular weight excluding hydrogens is 352 g/mol. The van der Waals surface area contributed by atoms with E-state index in [0.29, 0.717) is 11.1 Å². The quantitative estimate of drug-likeness (QED) is 0.485. The van der Waals surface area contributed by atoms with Crippen LogP contribution in [0.2, 0.25) is 0 Å². The van der Waals surface area contributed by atoms with Crippen molar-refractivity contribution in [3.05, 3.63) is 83.9 Å². The summed E-state index contributed by atoms with van der Waals surface area (Å²) in [6.45, 7) is 0. The second-order valence-electron chi connectivity index (χ2n) is 6.24. The van der Waals surface area contributed by atoms with Gasteiger partial charge in [0.05, 0.1) is 0 Å². The normalized spacial score (nSPS) is 11.7. The minimum atomic E-state index is -0.736. The number of amides is 2. The SMILES string of the molecule is O=C(/N=C/c1c(O)ccc2ccccc12)/N=C/c1c(O)ccc2ccccc12. The molecule has 0 saturated carbocycles. The van der Waals surface area contributed by atoms with Gasteiger partial charge in [-0.25, -0.2) is 4.79 Å². The van der Waals surface area contributed by atoms with Gasteiger partial charge in [-0.3, -0.25) is 0 Å². The summed E-state index contributed by atoms with van der Waals surface area (Å²) in [6, 6.07) is 21.0. The first-order valence-electron chi connectivity index (χ1n) is 8.67. The van der Waals surface area contributed by atoms with Gasteiger partial charge in [-0.05, 0) is 33.7 Å². The zero-order chi connectivity index (χ0) is 19.5. The molecule has 0 fully saturated rings. The first-order valence-corrected chi connectivity index (χ1v) is 8.67. The smallest absolute Gasteiger partial charge is 0.367 e. The van der Waals surface area contributed by atoms with Gasteiger partial charge in [0.2, 0.25) is 0 Å². The van der Waals surface area contributed by atoms with E-state index in [4.69, 9.17) is 0 Å². The van der Waals surface area contributed by atoms with Crippen LogP contribution in [0.1, 0.15) is 11.1 Å². The summed E-state index contributed by atoms with van der Waals surface area (Å²) < 4.78 is 0. The highest BCUT2D eigenvalue weighted by Gasteiger charge is 2.07. The highest BCUT2D eigenvalue weighted by atomic mass is 16.3. The molecule has 2 amide bonds. The molecule has 0 aliphatic rings. The van der Waals surface area contributed by atoms with E-state index < -0.39 is 6.03 Å². The van der Waals surface area contributed by atoms with Crippen molar-refractivity contribution in [3.8, 4) is 11.5 Å². The molecule has 28 heavy (non-hydrogen) atoms. The first-order chi connectivity index (χ1) is 13.6. The Kier molecular flexibility index (Phi) is 4.56. The third-order valence-corrected chi connectivity index (χ3v) is 4.50. The minimum absolute atomic E-state index is 0.0333. The van der Waals surface area contributed by atoms with Crippen molar-refractivity contribution in [3.63, 3.8) is 0 Å². The van der Waals surface area contributed by atoms with E-state index in [2.05, 4.69) is 9.98 Å². The number of carbonyl (C=O) groups excluding carboxylic acids is 1. The average Bonchev–Trinajstić information content (AvgIpc) is 2.72. The summed E-state index contributed by atoms with van der Waals surface area (Å²) in [7, 11) is 0. The zero-order valence-electron chi connectivity index (χ0n) is 14.8. The van der Waals surface area contributed by atoms with Crippen LogP contribution in [0.25, 0.3) is 21.5 Å². The summed E-state index contributed by atoms with van der Waals surface area (Å²) in [6.07, 6.45) is 2.61. The number of rotatable bonds is 2. The fourth-order valence-corrected chi connectivity index (χ4v) is 3.11. The van der Waals surface area contributed by atoms with Crippen molar-refractivity contribution >= 4 is 40.0 Å². The van der Waals surface area contributed by atoms with E-state index in [1.54, 1.807) is 24.3 Å². The lowest BCUT2D eigenvalue weighted by Gasteiger charge is -2.04. The van der Waals surface area contributed by atoms with Gasteiger partial charge in [0.1, 0.15) is 11.5 Å². The van der Waals surface area contributed by atoms with Crippen molar-refractivity contribution < 1.29 is 15.0 Å². The van der Waals surface area contributed by atoms with Gasteiger partial charge in [-0.2, -0.15) is 9.98 Å². The number of benzene rings is 4. The van der Waals surface area contributed by atoms with Gasteiger partial charge >= 0.3 is 6.03 Å². The average molecular weight is 368 g/mol. The zero-order valence-corrected chi connectivity index (χ0v) is 14.8. The monoisotopic (exact) mass is 368 g/mol. The molecule has 4 aromatic rings. The maximum Gasteiger partial charge on any atom is 0.367 e. The standard InChI is InChI=1S/C23H16N2O3/c26-21-11-9-15-5-1-3-7-17(15)19(21)13-24-23(28)25-14-20-18-8-4-2-6-16(18)10-12-22(20)27/h1-14,26-27H/b24-13+,25-14+. The Morgan fingerprint density at radius 1 is 0.643 bits per heavy atom. The van der Waals surface area contributed by atoms with Gasteiger partial charge in [0.15, 0.2) is 0 Å². The number of nitrogens with zero attached hydrogens (tertiary/aromatic N) is 2. The molecule has 0 aromatic heterocycles. The van der Waals surface area contributed by atoms with Crippen molar-refractivity contribution in [2.75, 3.05) is 0 Å². The van der Waals surface area contributed by atoms with Crippen molar-refractivity contribution in [2.24, 2.45) is 9.98 Å². The maximum absolute atomic E-state index is 12.1. The molecule has 4 aromatic carbocycles. The topological polar surface area (TPSA) is 82.2 Å². The van der Waals surface area contributed by atoms with E-state index in [1.165, 1.54) is 12.4 Å². The van der Waals surface area contributed by atoms with E-state index >= 15 is 0 Å². The Bertz CT molecular complexity index is 1160. The highest BCUT2D eigenvalue weighted by molar-refractivity contribution is 6.08. The van der Waals surface area contributed by atoms with Gasteiger partial charge in [-0.1, -0.05) is 60.7 Å². The predicted octanol–water partition coefficient (Wildman–Crippen LogP) is 5.06. The first kappa shape index (κ1) is 17.4. The molecule has 4 rings (SSSR count). The number of hydrogen-bond donors (Lipinski definition) is 2. The number of urea groups is 1. The molecule has 0 heterocycles. The molecule has 0 atom stereocenters. The Hall–Kier alpha value is -3.99. The third kappa shape index (κ3) is 3.33. The van der Waals surface area contributed by atoms with Gasteiger partial charge in [-0.15, -0.1) is 0 Å². The summed E-state index contributed by atoms with van der Waals surface area (Å²) in [5, 5.41) is 23.7. The lowest BCUT2D eigenvalue weighted by atomic mass is 10.0. The molecule has 0 aliphatic heterocycles. The van der Waals surface area contributed by atoms with Crippen LogP contribution in [0.15, 0.2) is 82.8 Å². The van der Waals surface area contributed by atoms with Crippen LogP contribution in [0.3, 0.4) is 0 Å². The molecule has 136 valence electrons. The highest BCUT2D eigenvalue weighted by Crippen LogP contribution is 2.26. The maximum atomic E-state index is 12.1. The lowest BCUT2D eigenvalue weighted by Crippen LogP contribution is -1.93. The summed E-state index contributed by atoms with van der Waals surface area (Å²) in [4.78, 5) is 19.8. The number of fused-ring (bicyclic) bond motifs is 2. The molecule has 0 aliphatic carbocycles. The van der Waals surface area contributed by atoms with Crippen molar-refractivity contribution in [1.29, 1.82) is 0 Å². The van der Waals surface area contributed by atoms with Crippen LogP contribution in [0, 0.1) is 0 Å². The second-order valence-corrected chi connectivity index (χ2v) is 6.24. The third-order valence-electron chi connectivity index (χ3n) is 4.50. The van der Waals surface area contributed by atoms with Gasteiger partial charge < -0.3 is 10.2 Å². The molecule has 5 heteroatoms. The molecule has 5 nitrogen and oxygen atoms in total. The van der Waals surface area contributed by atoms with E-state index in [-0.39, 0.29) is 11.5 Å². The van der Waals surface area contributed by atoms with Crippen molar-refractivity contribution in [1.82, 2.24) is 0 Å². The Balaban J connectivity index is 1.64.